The lowest BCUT2D eigenvalue weighted by Gasteiger charge is -2.03. The van der Waals surface area contributed by atoms with E-state index in [1.165, 1.54) is 4.80 Å². The summed E-state index contributed by atoms with van der Waals surface area (Å²) in [6, 6.07) is 7.19. The molecule has 0 amide bonds. The van der Waals surface area contributed by atoms with Gasteiger partial charge >= 0.3 is 0 Å². The van der Waals surface area contributed by atoms with Gasteiger partial charge in [-0.15, -0.1) is 10.2 Å². The van der Waals surface area contributed by atoms with Crippen LogP contribution in [0.2, 0.25) is 0 Å². The normalized spacial score (nSPS) is 10.8. The van der Waals surface area contributed by atoms with Crippen molar-refractivity contribution in [2.45, 2.75) is 20.4 Å². The van der Waals surface area contributed by atoms with Gasteiger partial charge in [0, 0.05) is 5.56 Å². The van der Waals surface area contributed by atoms with Gasteiger partial charge in [0.15, 0.2) is 12.1 Å². The van der Waals surface area contributed by atoms with Crippen LogP contribution in [0.25, 0.3) is 11.5 Å². The number of nitrogens with one attached hydrogen (secondary N) is 1. The van der Waals surface area contributed by atoms with E-state index in [-0.39, 0.29) is 30.5 Å². The molecule has 0 saturated heterocycles. The van der Waals surface area contributed by atoms with E-state index < -0.39 is 0 Å². The molecule has 128 valence electrons. The number of hydrogen-bond acceptors (Lipinski definition) is 6. The first-order chi connectivity index (χ1) is 12.0. The van der Waals surface area contributed by atoms with Crippen molar-refractivity contribution in [3.63, 3.8) is 0 Å². The third kappa shape index (κ3) is 3.11. The maximum Gasteiger partial charge on any atom is 0.221 e. The molecule has 0 fully saturated rings. The maximum atomic E-state index is 12.9. The van der Waals surface area contributed by atoms with Crippen molar-refractivity contribution in [2.75, 3.05) is 6.61 Å². The third-order valence-electron chi connectivity index (χ3n) is 3.88. The standard InChI is InChI=1S/C17H17N5O3/c1-10-4-3-5-12(8-10)16(25)14-11(2)15(18-13(14)9-24)17-19-21-22(20-17)6-7-23/h3-5,8-9,18,23H,6-7H2,1-2H3. The second-order valence-corrected chi connectivity index (χ2v) is 5.66. The van der Waals surface area contributed by atoms with Gasteiger partial charge in [-0.2, -0.15) is 4.80 Å². The van der Waals surface area contributed by atoms with Crippen molar-refractivity contribution in [2.24, 2.45) is 0 Å². The lowest BCUT2D eigenvalue weighted by Crippen LogP contribution is -2.06. The Morgan fingerprint density at radius 3 is 2.84 bits per heavy atom. The molecule has 2 heterocycles. The summed E-state index contributed by atoms with van der Waals surface area (Å²) in [7, 11) is 0. The van der Waals surface area contributed by atoms with Crippen molar-refractivity contribution in [1.29, 1.82) is 0 Å². The number of aliphatic hydroxyl groups excluding tert-OH is 1. The summed E-state index contributed by atoms with van der Waals surface area (Å²) in [5.41, 5.74) is 2.99. The number of carbonyl (C=O) groups is 2. The quantitative estimate of drug-likeness (QED) is 0.517. The molecular formula is C17H17N5O3. The van der Waals surface area contributed by atoms with E-state index in [4.69, 9.17) is 5.11 Å². The van der Waals surface area contributed by atoms with E-state index in [9.17, 15) is 9.59 Å². The number of tetrazole rings is 1. The molecule has 0 unspecified atom stereocenters. The first-order valence-electron chi connectivity index (χ1n) is 7.73. The molecule has 0 saturated carbocycles. The van der Waals surface area contributed by atoms with Crippen LogP contribution in [0.1, 0.15) is 37.5 Å². The molecule has 2 aromatic heterocycles. The van der Waals surface area contributed by atoms with Gasteiger partial charge in [-0.05, 0) is 30.7 Å². The van der Waals surface area contributed by atoms with E-state index in [0.717, 1.165) is 5.56 Å². The number of rotatable bonds is 6. The van der Waals surface area contributed by atoms with Gasteiger partial charge in [0.25, 0.3) is 0 Å². The molecule has 3 rings (SSSR count). The molecule has 0 spiro atoms. The number of aliphatic hydroxyl groups is 1. The largest absolute Gasteiger partial charge is 0.394 e. The van der Waals surface area contributed by atoms with Crippen molar-refractivity contribution in [1.82, 2.24) is 25.2 Å². The number of benzene rings is 1. The van der Waals surface area contributed by atoms with Gasteiger partial charge in [0.1, 0.15) is 0 Å². The zero-order valence-electron chi connectivity index (χ0n) is 13.9. The highest BCUT2D eigenvalue weighted by Crippen LogP contribution is 2.26. The van der Waals surface area contributed by atoms with Gasteiger partial charge in [-0.25, -0.2) is 0 Å². The molecule has 1 aromatic carbocycles. The zero-order chi connectivity index (χ0) is 18.0. The van der Waals surface area contributed by atoms with Crippen molar-refractivity contribution >= 4 is 12.1 Å². The minimum Gasteiger partial charge on any atom is -0.394 e. The Morgan fingerprint density at radius 1 is 1.36 bits per heavy atom. The molecule has 0 radical (unpaired) electrons. The van der Waals surface area contributed by atoms with Crippen LogP contribution in [0, 0.1) is 13.8 Å². The van der Waals surface area contributed by atoms with Crippen molar-refractivity contribution < 1.29 is 14.7 Å². The topological polar surface area (TPSA) is 114 Å². The Hall–Kier alpha value is -3.13. The predicted molar refractivity (Wildman–Crippen MR) is 89.4 cm³/mol. The Balaban J connectivity index is 2.07. The molecule has 25 heavy (non-hydrogen) atoms. The highest BCUT2D eigenvalue weighted by molar-refractivity contribution is 6.14. The van der Waals surface area contributed by atoms with Gasteiger partial charge in [0.05, 0.1) is 30.1 Å². The zero-order valence-corrected chi connectivity index (χ0v) is 13.9. The number of H-pyrrole nitrogens is 1. The van der Waals surface area contributed by atoms with Crippen LogP contribution in [0.5, 0.6) is 0 Å². The molecule has 8 heteroatoms. The van der Waals surface area contributed by atoms with Gasteiger partial charge in [0.2, 0.25) is 5.82 Å². The molecule has 0 bridgehead atoms. The van der Waals surface area contributed by atoms with Gasteiger partial charge in [-0.3, -0.25) is 9.59 Å². The monoisotopic (exact) mass is 339 g/mol. The Labute approximate surface area is 143 Å². The second kappa shape index (κ2) is 6.78. The summed E-state index contributed by atoms with van der Waals surface area (Å²) < 4.78 is 0. The second-order valence-electron chi connectivity index (χ2n) is 5.66. The molecule has 3 aromatic rings. The Kier molecular flexibility index (Phi) is 4.53. The van der Waals surface area contributed by atoms with E-state index in [1.807, 2.05) is 13.0 Å². The van der Waals surface area contributed by atoms with E-state index in [2.05, 4.69) is 20.4 Å². The van der Waals surface area contributed by atoms with Crippen molar-refractivity contribution in [3.05, 3.63) is 52.2 Å². The number of aromatic nitrogens is 5. The number of ketones is 1. The number of hydrogen-bond donors (Lipinski definition) is 2. The summed E-state index contributed by atoms with van der Waals surface area (Å²) in [6.07, 6.45) is 0.609. The van der Waals surface area contributed by atoms with Crippen LogP contribution in [0.3, 0.4) is 0 Å². The predicted octanol–water partition coefficient (Wildman–Crippen LogP) is 1.32. The summed E-state index contributed by atoms with van der Waals surface area (Å²) in [5.74, 6) is 0.0193. The number of nitrogens with zero attached hydrogens (tertiary/aromatic N) is 4. The molecule has 0 aliphatic rings. The minimum atomic E-state index is -0.242. The maximum absolute atomic E-state index is 12.9. The van der Waals surface area contributed by atoms with Gasteiger partial charge in [-0.1, -0.05) is 23.8 Å². The average molecular weight is 339 g/mol. The van der Waals surface area contributed by atoms with E-state index in [0.29, 0.717) is 28.7 Å². The van der Waals surface area contributed by atoms with Crippen LogP contribution in [-0.2, 0) is 6.54 Å². The summed E-state index contributed by atoms with van der Waals surface area (Å²) in [6.45, 7) is 3.73. The van der Waals surface area contributed by atoms with Crippen LogP contribution in [-0.4, -0.2) is 49.0 Å². The molecular weight excluding hydrogens is 322 g/mol. The van der Waals surface area contributed by atoms with Crippen LogP contribution in [0.4, 0.5) is 0 Å². The van der Waals surface area contributed by atoms with Gasteiger partial charge < -0.3 is 10.1 Å². The average Bonchev–Trinajstić information content (AvgIpc) is 3.18. The Morgan fingerprint density at radius 2 is 2.16 bits per heavy atom. The number of carbonyl (C=O) groups excluding carboxylic acids is 2. The smallest absolute Gasteiger partial charge is 0.221 e. The summed E-state index contributed by atoms with van der Waals surface area (Å²) in [4.78, 5) is 28.5. The fourth-order valence-electron chi connectivity index (χ4n) is 2.68. The minimum absolute atomic E-state index is 0.115. The molecule has 8 nitrogen and oxygen atoms in total. The lowest BCUT2D eigenvalue weighted by molar-refractivity contribution is 0.102. The summed E-state index contributed by atoms with van der Waals surface area (Å²) >= 11 is 0. The first-order valence-corrected chi connectivity index (χ1v) is 7.73. The van der Waals surface area contributed by atoms with Crippen LogP contribution < -0.4 is 0 Å². The van der Waals surface area contributed by atoms with E-state index in [1.54, 1.807) is 25.1 Å². The fraction of sp³-hybridized carbons (Fsp3) is 0.235. The fourth-order valence-corrected chi connectivity index (χ4v) is 2.68. The number of aldehydes is 1. The molecule has 2 N–H and O–H groups in total. The third-order valence-corrected chi connectivity index (χ3v) is 3.88. The lowest BCUT2D eigenvalue weighted by atomic mass is 9.98. The molecule has 0 aliphatic carbocycles. The van der Waals surface area contributed by atoms with Crippen molar-refractivity contribution in [3.8, 4) is 11.5 Å². The Bertz CT molecular complexity index is 942. The first kappa shape index (κ1) is 16.7. The number of aromatic amines is 1. The van der Waals surface area contributed by atoms with Crippen LogP contribution >= 0.6 is 0 Å². The molecule has 0 aliphatic heterocycles. The summed E-state index contributed by atoms with van der Waals surface area (Å²) in [5, 5.41) is 20.8. The van der Waals surface area contributed by atoms with Crippen LogP contribution in [0.15, 0.2) is 24.3 Å². The SMILES string of the molecule is Cc1cccc(C(=O)c2c(C=O)[nH]c(-c3nnn(CCO)n3)c2C)c1. The highest BCUT2D eigenvalue weighted by atomic mass is 16.3. The highest BCUT2D eigenvalue weighted by Gasteiger charge is 2.24. The van der Waals surface area contributed by atoms with E-state index >= 15 is 0 Å². The number of aryl methyl sites for hydroxylation is 1. The molecule has 0 atom stereocenters.